The van der Waals surface area contributed by atoms with Crippen LogP contribution in [0.25, 0.3) is 0 Å². The maximum absolute atomic E-state index is 12.7. The number of benzene rings is 3. The molecule has 6 heteroatoms. The number of thioether (sulfide) groups is 1. The van der Waals surface area contributed by atoms with Crippen molar-refractivity contribution in [3.8, 4) is 0 Å². The number of carbonyl (C=O) groups excluding carboxylic acids is 2. The summed E-state index contributed by atoms with van der Waals surface area (Å²) in [6, 6.07) is 20.6. The van der Waals surface area contributed by atoms with Gasteiger partial charge in [0, 0.05) is 22.0 Å². The minimum Gasteiger partial charge on any atom is -0.322 e. The molecule has 152 valence electrons. The smallest absolute Gasteiger partial charge is 0.255 e. The van der Waals surface area contributed by atoms with Gasteiger partial charge in [0.2, 0.25) is 5.91 Å². The zero-order valence-electron chi connectivity index (χ0n) is 16.7. The highest BCUT2D eigenvalue weighted by Gasteiger charge is 2.34. The van der Waals surface area contributed by atoms with Crippen LogP contribution in [-0.4, -0.2) is 17.6 Å². The number of nitrogens with one attached hydrogen (secondary N) is 1. The Hall–Kier alpha value is -2.76. The molecule has 1 N–H and O–H groups in total. The molecule has 3 aromatic rings. The van der Waals surface area contributed by atoms with Crippen LogP contribution in [0.1, 0.15) is 32.4 Å². The van der Waals surface area contributed by atoms with Gasteiger partial charge in [-0.25, -0.2) is 0 Å². The van der Waals surface area contributed by atoms with Gasteiger partial charge in [0.05, 0.1) is 5.75 Å². The summed E-state index contributed by atoms with van der Waals surface area (Å²) in [5.74, 6) is 0.288. The number of halogens is 1. The van der Waals surface area contributed by atoms with Crippen LogP contribution in [0.15, 0.2) is 66.7 Å². The van der Waals surface area contributed by atoms with Crippen LogP contribution in [0.4, 0.5) is 11.4 Å². The number of aryl methyl sites for hydroxylation is 2. The summed E-state index contributed by atoms with van der Waals surface area (Å²) in [4.78, 5) is 27.1. The molecule has 0 aliphatic carbocycles. The molecule has 1 aliphatic heterocycles. The standard InChI is InChI=1S/C24H21ClN2O2S/c1-15-9-16(2)11-21(10-15)27-22(28)14-30-24(27)18-6-4-8-20(13-18)26-23(29)17-5-3-7-19(25)12-17/h3-13,24H,14H2,1-2H3,(H,26,29)/t24-/m1/s1. The van der Waals surface area contributed by atoms with Crippen LogP contribution < -0.4 is 10.2 Å². The molecule has 0 aromatic heterocycles. The number of anilines is 2. The van der Waals surface area contributed by atoms with Crippen LogP contribution in [0, 0.1) is 13.8 Å². The highest BCUT2D eigenvalue weighted by molar-refractivity contribution is 8.00. The molecule has 1 fully saturated rings. The minimum absolute atomic E-state index is 0.0865. The summed E-state index contributed by atoms with van der Waals surface area (Å²) in [7, 11) is 0. The molecule has 1 aliphatic rings. The van der Waals surface area contributed by atoms with E-state index in [1.165, 1.54) is 0 Å². The maximum Gasteiger partial charge on any atom is 0.255 e. The van der Waals surface area contributed by atoms with Crippen molar-refractivity contribution in [3.63, 3.8) is 0 Å². The summed E-state index contributed by atoms with van der Waals surface area (Å²) in [6.45, 7) is 4.07. The first-order valence-corrected chi connectivity index (χ1v) is 11.0. The monoisotopic (exact) mass is 436 g/mol. The Bertz CT molecular complexity index is 1110. The zero-order valence-corrected chi connectivity index (χ0v) is 18.3. The topological polar surface area (TPSA) is 49.4 Å². The van der Waals surface area contributed by atoms with E-state index in [2.05, 4.69) is 11.4 Å². The van der Waals surface area contributed by atoms with Gasteiger partial charge in [-0.3, -0.25) is 14.5 Å². The molecule has 0 saturated carbocycles. The molecule has 1 saturated heterocycles. The zero-order chi connectivity index (χ0) is 21.3. The van der Waals surface area contributed by atoms with Crippen LogP contribution in [-0.2, 0) is 4.79 Å². The van der Waals surface area contributed by atoms with Crippen molar-refractivity contribution in [1.82, 2.24) is 0 Å². The van der Waals surface area contributed by atoms with Gasteiger partial charge in [0.15, 0.2) is 0 Å². The van der Waals surface area contributed by atoms with E-state index < -0.39 is 0 Å². The van der Waals surface area contributed by atoms with Crippen molar-refractivity contribution in [1.29, 1.82) is 0 Å². The van der Waals surface area contributed by atoms with Crippen molar-refractivity contribution < 1.29 is 9.59 Å². The highest BCUT2D eigenvalue weighted by atomic mass is 35.5. The van der Waals surface area contributed by atoms with Crippen LogP contribution in [0.5, 0.6) is 0 Å². The molecule has 0 bridgehead atoms. The molecule has 0 unspecified atom stereocenters. The lowest BCUT2D eigenvalue weighted by Crippen LogP contribution is -2.28. The number of hydrogen-bond acceptors (Lipinski definition) is 3. The van der Waals surface area contributed by atoms with Gasteiger partial charge in [-0.15, -0.1) is 11.8 Å². The second-order valence-electron chi connectivity index (χ2n) is 7.36. The van der Waals surface area contributed by atoms with Crippen LogP contribution >= 0.6 is 23.4 Å². The van der Waals surface area contributed by atoms with E-state index in [-0.39, 0.29) is 17.2 Å². The van der Waals surface area contributed by atoms with E-state index in [0.717, 1.165) is 22.4 Å². The number of hydrogen-bond donors (Lipinski definition) is 1. The normalized spacial score (nSPS) is 16.0. The molecule has 30 heavy (non-hydrogen) atoms. The Morgan fingerprint density at radius 3 is 2.50 bits per heavy atom. The third kappa shape index (κ3) is 4.37. The molecule has 1 atom stereocenters. The average molecular weight is 437 g/mol. The Morgan fingerprint density at radius 1 is 1.03 bits per heavy atom. The molecule has 3 aromatic carbocycles. The van der Waals surface area contributed by atoms with Crippen molar-refractivity contribution in [2.45, 2.75) is 19.2 Å². The molecule has 0 spiro atoms. The Balaban J connectivity index is 1.61. The minimum atomic E-state index is -0.226. The third-order valence-electron chi connectivity index (χ3n) is 4.87. The largest absolute Gasteiger partial charge is 0.322 e. The van der Waals surface area contributed by atoms with Gasteiger partial charge in [-0.05, 0) is 73.0 Å². The molecular weight excluding hydrogens is 416 g/mol. The van der Waals surface area contributed by atoms with Crippen molar-refractivity contribution >= 4 is 46.6 Å². The summed E-state index contributed by atoms with van der Waals surface area (Å²) in [5, 5.41) is 3.30. The number of nitrogens with zero attached hydrogens (tertiary/aromatic N) is 1. The lowest BCUT2D eigenvalue weighted by molar-refractivity contribution is -0.115. The lowest BCUT2D eigenvalue weighted by Gasteiger charge is -2.25. The molecular formula is C24H21ClN2O2S. The predicted molar refractivity (Wildman–Crippen MR) is 124 cm³/mol. The summed E-state index contributed by atoms with van der Waals surface area (Å²) >= 11 is 7.58. The first-order valence-electron chi connectivity index (χ1n) is 9.59. The maximum atomic E-state index is 12.7. The summed E-state index contributed by atoms with van der Waals surface area (Å²) < 4.78 is 0. The molecule has 1 heterocycles. The number of amides is 2. The second-order valence-corrected chi connectivity index (χ2v) is 8.87. The van der Waals surface area contributed by atoms with Crippen molar-refractivity contribution in [2.75, 3.05) is 16.0 Å². The van der Waals surface area contributed by atoms with Crippen LogP contribution in [0.3, 0.4) is 0 Å². The van der Waals surface area contributed by atoms with Gasteiger partial charge in [-0.1, -0.05) is 35.9 Å². The van der Waals surface area contributed by atoms with Gasteiger partial charge in [0.25, 0.3) is 5.91 Å². The van der Waals surface area contributed by atoms with Gasteiger partial charge >= 0.3 is 0 Å². The van der Waals surface area contributed by atoms with E-state index in [4.69, 9.17) is 11.6 Å². The van der Waals surface area contributed by atoms with E-state index in [0.29, 0.717) is 22.0 Å². The fourth-order valence-electron chi connectivity index (χ4n) is 3.64. The highest BCUT2D eigenvalue weighted by Crippen LogP contribution is 2.42. The quantitative estimate of drug-likeness (QED) is 0.546. The van der Waals surface area contributed by atoms with E-state index >= 15 is 0 Å². The van der Waals surface area contributed by atoms with E-state index in [9.17, 15) is 9.59 Å². The Morgan fingerprint density at radius 2 is 1.77 bits per heavy atom. The average Bonchev–Trinajstić information content (AvgIpc) is 3.09. The molecule has 4 rings (SSSR count). The third-order valence-corrected chi connectivity index (χ3v) is 6.32. The second kappa shape index (κ2) is 8.54. The lowest BCUT2D eigenvalue weighted by atomic mass is 10.1. The molecule has 2 amide bonds. The SMILES string of the molecule is Cc1cc(C)cc(N2C(=O)CS[C@@H]2c2cccc(NC(=O)c3cccc(Cl)c3)c2)c1. The predicted octanol–water partition coefficient (Wildman–Crippen LogP) is 5.99. The number of carbonyl (C=O) groups is 2. The fraction of sp³-hybridized carbons (Fsp3) is 0.167. The van der Waals surface area contributed by atoms with E-state index in [1.54, 1.807) is 36.0 Å². The van der Waals surface area contributed by atoms with Gasteiger partial charge in [-0.2, -0.15) is 0 Å². The Kier molecular flexibility index (Phi) is 5.84. The molecule has 4 nitrogen and oxygen atoms in total. The van der Waals surface area contributed by atoms with Gasteiger partial charge < -0.3 is 5.32 Å². The van der Waals surface area contributed by atoms with E-state index in [1.807, 2.05) is 55.1 Å². The van der Waals surface area contributed by atoms with Crippen molar-refractivity contribution in [2.24, 2.45) is 0 Å². The first-order chi connectivity index (χ1) is 14.4. The summed E-state index contributed by atoms with van der Waals surface area (Å²) in [6.07, 6.45) is 0. The van der Waals surface area contributed by atoms with Gasteiger partial charge in [0.1, 0.15) is 5.37 Å². The first kappa shape index (κ1) is 20.5. The fourth-order valence-corrected chi connectivity index (χ4v) is 5.00. The van der Waals surface area contributed by atoms with Crippen molar-refractivity contribution in [3.05, 3.63) is 94.0 Å². The summed E-state index contributed by atoms with van der Waals surface area (Å²) in [5.41, 5.74) is 5.29. The molecule has 0 radical (unpaired) electrons. The Labute approximate surface area is 185 Å². The van der Waals surface area contributed by atoms with Crippen LogP contribution in [0.2, 0.25) is 5.02 Å². The number of rotatable bonds is 4.